The number of fused-ring (bicyclic) bond motifs is 1. The lowest BCUT2D eigenvalue weighted by molar-refractivity contribution is -0.134. The molecule has 1 fully saturated rings. The van der Waals surface area contributed by atoms with Crippen LogP contribution in [0.3, 0.4) is 0 Å². The van der Waals surface area contributed by atoms with E-state index in [1.54, 1.807) is 28.4 Å². The van der Waals surface area contributed by atoms with E-state index in [2.05, 4.69) is 6.07 Å². The van der Waals surface area contributed by atoms with Gasteiger partial charge in [0, 0.05) is 24.0 Å². The third-order valence-electron chi connectivity index (χ3n) is 4.99. The molecule has 0 bridgehead atoms. The number of carbonyl (C=O) groups is 2. The predicted molar refractivity (Wildman–Crippen MR) is 114 cm³/mol. The van der Waals surface area contributed by atoms with E-state index in [0.29, 0.717) is 18.1 Å². The Balaban J connectivity index is 1.42. The average molecular weight is 430 g/mol. The summed E-state index contributed by atoms with van der Waals surface area (Å²) in [5, 5.41) is 1.45. The second kappa shape index (κ2) is 8.39. The number of nitrogens with two attached hydrogens (primary N) is 1. The van der Waals surface area contributed by atoms with Gasteiger partial charge in [-0.25, -0.2) is 4.98 Å². The van der Waals surface area contributed by atoms with Gasteiger partial charge >= 0.3 is 0 Å². The van der Waals surface area contributed by atoms with Gasteiger partial charge in [0.25, 0.3) is 11.8 Å². The van der Waals surface area contributed by atoms with Crippen LogP contribution in [0.25, 0.3) is 10.2 Å². The number of likely N-dealkylation sites (tertiary alicyclic amines) is 1. The number of thiazole rings is 1. The number of halogens is 1. The number of hydrogen-bond acceptors (Lipinski definition) is 5. The van der Waals surface area contributed by atoms with Crippen molar-refractivity contribution in [3.63, 3.8) is 0 Å². The lowest BCUT2D eigenvalue weighted by Gasteiger charge is -2.31. The summed E-state index contributed by atoms with van der Waals surface area (Å²) < 4.78 is 6.76. The molecule has 8 heteroatoms. The molecule has 6 nitrogen and oxygen atoms in total. The molecule has 1 aromatic heterocycles. The van der Waals surface area contributed by atoms with Gasteiger partial charge in [0.05, 0.1) is 20.8 Å². The molecular formula is C21H20ClN3O3S. The third kappa shape index (κ3) is 4.36. The van der Waals surface area contributed by atoms with Crippen molar-refractivity contribution in [1.82, 2.24) is 9.88 Å². The second-order valence-corrected chi connectivity index (χ2v) is 8.49. The van der Waals surface area contributed by atoms with Crippen LogP contribution in [0.4, 0.5) is 0 Å². The van der Waals surface area contributed by atoms with E-state index in [1.165, 1.54) is 6.07 Å². The molecule has 0 spiro atoms. The Bertz CT molecular complexity index is 1040. The number of piperidine rings is 1. The molecule has 3 aromatic rings. The van der Waals surface area contributed by atoms with Crippen LogP contribution in [-0.2, 0) is 4.79 Å². The van der Waals surface area contributed by atoms with Gasteiger partial charge in [-0.15, -0.1) is 11.3 Å². The Labute approximate surface area is 177 Å². The van der Waals surface area contributed by atoms with Crippen molar-refractivity contribution in [2.75, 3.05) is 19.7 Å². The van der Waals surface area contributed by atoms with Crippen LogP contribution in [0.1, 0.15) is 34.1 Å². The summed E-state index contributed by atoms with van der Waals surface area (Å²) in [5.74, 6) is -0.290. The molecule has 1 saturated heterocycles. The molecule has 1 aliphatic heterocycles. The van der Waals surface area contributed by atoms with E-state index < -0.39 is 5.91 Å². The zero-order valence-electron chi connectivity index (χ0n) is 15.6. The highest BCUT2D eigenvalue weighted by Gasteiger charge is 2.27. The van der Waals surface area contributed by atoms with Gasteiger partial charge in [-0.05, 0) is 43.2 Å². The number of amides is 2. The summed E-state index contributed by atoms with van der Waals surface area (Å²) in [6.45, 7) is 1.15. The van der Waals surface area contributed by atoms with Gasteiger partial charge in [0.2, 0.25) is 0 Å². The highest BCUT2D eigenvalue weighted by molar-refractivity contribution is 7.18. The molecule has 2 aromatic carbocycles. The number of benzene rings is 2. The molecule has 0 radical (unpaired) electrons. The Hall–Kier alpha value is -2.64. The summed E-state index contributed by atoms with van der Waals surface area (Å²) in [6.07, 6.45) is 1.92. The van der Waals surface area contributed by atoms with Crippen molar-refractivity contribution >= 4 is 45.0 Å². The Morgan fingerprint density at radius 1 is 1.28 bits per heavy atom. The van der Waals surface area contributed by atoms with Gasteiger partial charge in [0.15, 0.2) is 6.61 Å². The molecule has 0 aliphatic carbocycles. The molecular weight excluding hydrogens is 410 g/mol. The van der Waals surface area contributed by atoms with E-state index in [9.17, 15) is 9.59 Å². The summed E-state index contributed by atoms with van der Waals surface area (Å²) in [7, 11) is 0. The third-order valence-corrected chi connectivity index (χ3v) is 6.43. The molecule has 2 N–H and O–H groups in total. The minimum Gasteiger partial charge on any atom is -0.483 e. The zero-order chi connectivity index (χ0) is 20.4. The van der Waals surface area contributed by atoms with Crippen molar-refractivity contribution in [1.29, 1.82) is 0 Å². The van der Waals surface area contributed by atoms with Crippen molar-refractivity contribution < 1.29 is 14.3 Å². The molecule has 150 valence electrons. The number of para-hydroxylation sites is 1. The monoisotopic (exact) mass is 429 g/mol. The van der Waals surface area contributed by atoms with Gasteiger partial charge in [-0.2, -0.15) is 0 Å². The predicted octanol–water partition coefficient (Wildman–Crippen LogP) is 3.83. The van der Waals surface area contributed by atoms with Crippen molar-refractivity contribution in [2.24, 2.45) is 5.73 Å². The van der Waals surface area contributed by atoms with Gasteiger partial charge in [-0.1, -0.05) is 23.7 Å². The van der Waals surface area contributed by atoms with E-state index in [0.717, 1.165) is 28.1 Å². The molecule has 0 saturated carbocycles. The number of carbonyl (C=O) groups excluding carboxylic acids is 2. The van der Waals surface area contributed by atoms with E-state index >= 15 is 0 Å². The maximum absolute atomic E-state index is 12.7. The number of rotatable bonds is 5. The molecule has 1 aliphatic rings. The first-order valence-electron chi connectivity index (χ1n) is 9.36. The summed E-state index contributed by atoms with van der Waals surface area (Å²) >= 11 is 7.60. The Kier molecular flexibility index (Phi) is 5.69. The zero-order valence-corrected chi connectivity index (χ0v) is 17.2. The fourth-order valence-corrected chi connectivity index (χ4v) is 4.79. The van der Waals surface area contributed by atoms with Crippen molar-refractivity contribution in [3.8, 4) is 5.75 Å². The molecule has 1 atom stereocenters. The molecule has 29 heavy (non-hydrogen) atoms. The van der Waals surface area contributed by atoms with Crippen LogP contribution in [0.2, 0.25) is 5.02 Å². The van der Waals surface area contributed by atoms with E-state index in [4.69, 9.17) is 27.1 Å². The summed E-state index contributed by atoms with van der Waals surface area (Å²) in [4.78, 5) is 30.8. The molecule has 4 rings (SSSR count). The number of ether oxygens (including phenoxy) is 1. The van der Waals surface area contributed by atoms with Crippen molar-refractivity contribution in [3.05, 3.63) is 58.1 Å². The number of hydrogen-bond donors (Lipinski definition) is 1. The van der Waals surface area contributed by atoms with Crippen LogP contribution in [0, 0.1) is 0 Å². The topological polar surface area (TPSA) is 85.5 Å². The SMILES string of the molecule is NC(=O)c1cc(Cl)ccc1OCC(=O)N1CCCC(c2nc3ccccc3s2)C1. The van der Waals surface area contributed by atoms with E-state index in [-0.39, 0.29) is 29.7 Å². The molecule has 1 unspecified atom stereocenters. The first kappa shape index (κ1) is 19.7. The smallest absolute Gasteiger partial charge is 0.260 e. The first-order valence-corrected chi connectivity index (χ1v) is 10.6. The lowest BCUT2D eigenvalue weighted by atomic mass is 9.99. The fraction of sp³-hybridized carbons (Fsp3) is 0.286. The highest BCUT2D eigenvalue weighted by Crippen LogP contribution is 2.33. The maximum atomic E-state index is 12.7. The average Bonchev–Trinajstić information content (AvgIpc) is 3.17. The van der Waals surface area contributed by atoms with Gasteiger partial charge < -0.3 is 15.4 Å². The van der Waals surface area contributed by atoms with E-state index in [1.807, 2.05) is 18.2 Å². The summed E-state index contributed by atoms with van der Waals surface area (Å²) in [5.41, 5.74) is 6.53. The maximum Gasteiger partial charge on any atom is 0.260 e. The van der Waals surface area contributed by atoms with Crippen molar-refractivity contribution in [2.45, 2.75) is 18.8 Å². The number of aromatic nitrogens is 1. The standard InChI is InChI=1S/C21H20ClN3O3S/c22-14-7-8-17(15(10-14)20(23)27)28-12-19(26)25-9-3-4-13(11-25)21-24-16-5-1-2-6-18(16)29-21/h1-2,5-8,10,13H,3-4,9,11-12H2,(H2,23,27). The quantitative estimate of drug-likeness (QED) is 0.667. The largest absolute Gasteiger partial charge is 0.483 e. The van der Waals surface area contributed by atoms with Gasteiger partial charge in [-0.3, -0.25) is 9.59 Å². The number of primary amides is 1. The van der Waals surface area contributed by atoms with Crippen LogP contribution in [-0.4, -0.2) is 41.4 Å². The van der Waals surface area contributed by atoms with Crippen LogP contribution in [0.15, 0.2) is 42.5 Å². The first-order chi connectivity index (χ1) is 14.0. The van der Waals surface area contributed by atoms with Crippen LogP contribution in [0.5, 0.6) is 5.75 Å². The van der Waals surface area contributed by atoms with Crippen LogP contribution >= 0.6 is 22.9 Å². The minimum atomic E-state index is -0.649. The fourth-order valence-electron chi connectivity index (χ4n) is 3.52. The lowest BCUT2D eigenvalue weighted by Crippen LogP contribution is -2.41. The summed E-state index contributed by atoms with van der Waals surface area (Å²) in [6, 6.07) is 12.7. The van der Waals surface area contributed by atoms with Gasteiger partial charge in [0.1, 0.15) is 5.75 Å². The highest BCUT2D eigenvalue weighted by atomic mass is 35.5. The minimum absolute atomic E-state index is 0.124. The molecule has 2 heterocycles. The van der Waals surface area contributed by atoms with Crippen LogP contribution < -0.4 is 10.5 Å². The Morgan fingerprint density at radius 2 is 2.10 bits per heavy atom. The molecule has 2 amide bonds. The normalized spacial score (nSPS) is 16.7. The Morgan fingerprint density at radius 3 is 2.90 bits per heavy atom. The number of nitrogens with zero attached hydrogens (tertiary/aromatic N) is 2. The second-order valence-electron chi connectivity index (χ2n) is 6.99.